The third kappa shape index (κ3) is 2.31. The van der Waals surface area contributed by atoms with E-state index >= 15 is 0 Å². The summed E-state index contributed by atoms with van der Waals surface area (Å²) in [5, 5.41) is 2.99. The van der Waals surface area contributed by atoms with E-state index in [-0.39, 0.29) is 9.80 Å². The van der Waals surface area contributed by atoms with E-state index in [2.05, 4.69) is 5.32 Å². The first kappa shape index (κ1) is 12.8. The molecule has 0 bridgehead atoms. The van der Waals surface area contributed by atoms with E-state index in [1.807, 2.05) is 0 Å². The van der Waals surface area contributed by atoms with Gasteiger partial charge in [0.1, 0.15) is 4.91 Å². The number of hydrogen-bond acceptors (Lipinski definition) is 4. The predicted octanol–water partition coefficient (Wildman–Crippen LogP) is 1.64. The molecule has 1 aromatic rings. The third-order valence-corrected chi connectivity index (χ3v) is 4.82. The number of carbonyl (C=O) groups excluding carboxylic acids is 1. The fourth-order valence-electron chi connectivity index (χ4n) is 2.07. The van der Waals surface area contributed by atoms with Crippen molar-refractivity contribution in [1.82, 2.24) is 5.32 Å². The molecule has 0 atom stereocenters. The van der Waals surface area contributed by atoms with E-state index < -0.39 is 15.6 Å². The van der Waals surface area contributed by atoms with Crippen LogP contribution in [-0.2, 0) is 14.6 Å². The number of allylic oxidation sites excluding steroid dienone is 2. The van der Waals surface area contributed by atoms with Gasteiger partial charge in [-0.25, -0.2) is 8.42 Å². The standard InChI is InChI=1S/C13H15NO3S/c1-10(15)13(12-8-5-9-14-12)18(16,17)11-6-3-2-4-7-11/h2-4,6-7,14H,5,8-9H2,1H3/b13-12+. The van der Waals surface area contributed by atoms with Crippen molar-refractivity contribution in [2.45, 2.75) is 24.7 Å². The quantitative estimate of drug-likeness (QED) is 0.844. The van der Waals surface area contributed by atoms with Crippen LogP contribution in [0.3, 0.4) is 0 Å². The summed E-state index contributed by atoms with van der Waals surface area (Å²) in [5.74, 6) is -0.414. The maximum Gasteiger partial charge on any atom is 0.211 e. The Hall–Kier alpha value is -1.62. The summed E-state index contributed by atoms with van der Waals surface area (Å²) >= 11 is 0. The largest absolute Gasteiger partial charge is 0.387 e. The Bertz CT molecular complexity index is 580. The normalized spacial score (nSPS) is 18.3. The number of ketones is 1. The first-order chi connectivity index (χ1) is 8.53. The number of sulfone groups is 1. The fraction of sp³-hybridized carbons (Fsp3) is 0.308. The molecule has 1 aromatic carbocycles. The molecule has 18 heavy (non-hydrogen) atoms. The topological polar surface area (TPSA) is 63.2 Å². The zero-order chi connectivity index (χ0) is 13.2. The van der Waals surface area contributed by atoms with E-state index in [1.54, 1.807) is 18.2 Å². The summed E-state index contributed by atoms with van der Waals surface area (Å²) in [6, 6.07) is 8.06. The van der Waals surface area contributed by atoms with Gasteiger partial charge in [0.15, 0.2) is 5.78 Å². The summed E-state index contributed by atoms with van der Waals surface area (Å²) in [6.45, 7) is 2.01. The van der Waals surface area contributed by atoms with Gasteiger partial charge in [-0.1, -0.05) is 18.2 Å². The van der Waals surface area contributed by atoms with Crippen molar-refractivity contribution in [2.75, 3.05) is 6.54 Å². The van der Waals surface area contributed by atoms with Gasteiger partial charge in [-0.15, -0.1) is 0 Å². The van der Waals surface area contributed by atoms with Crippen molar-refractivity contribution in [3.8, 4) is 0 Å². The highest BCUT2D eigenvalue weighted by atomic mass is 32.2. The molecular formula is C13H15NO3S. The molecule has 1 heterocycles. The summed E-state index contributed by atoms with van der Waals surface area (Å²) < 4.78 is 24.9. The van der Waals surface area contributed by atoms with Gasteiger partial charge in [-0.05, 0) is 31.9 Å². The SMILES string of the molecule is CC(=O)/C(=C1/CCCN1)S(=O)(=O)c1ccccc1. The molecule has 96 valence electrons. The van der Waals surface area contributed by atoms with Gasteiger partial charge in [0.2, 0.25) is 9.84 Å². The van der Waals surface area contributed by atoms with Crippen LogP contribution in [0.1, 0.15) is 19.8 Å². The highest BCUT2D eigenvalue weighted by Gasteiger charge is 2.29. The maximum atomic E-state index is 12.4. The van der Waals surface area contributed by atoms with Crippen LogP contribution in [0.4, 0.5) is 0 Å². The minimum absolute atomic E-state index is 0.0915. The molecule has 0 radical (unpaired) electrons. The zero-order valence-corrected chi connectivity index (χ0v) is 11.0. The Kier molecular flexibility index (Phi) is 3.52. The number of carbonyl (C=O) groups is 1. The van der Waals surface area contributed by atoms with E-state index in [0.29, 0.717) is 12.1 Å². The lowest BCUT2D eigenvalue weighted by molar-refractivity contribution is -0.113. The van der Waals surface area contributed by atoms with E-state index in [4.69, 9.17) is 0 Å². The monoisotopic (exact) mass is 265 g/mol. The number of rotatable bonds is 3. The average molecular weight is 265 g/mol. The number of benzene rings is 1. The molecule has 0 saturated carbocycles. The molecule has 1 aliphatic rings. The van der Waals surface area contributed by atoms with Crippen LogP contribution in [0.15, 0.2) is 45.8 Å². The molecule has 1 fully saturated rings. The second-order valence-corrected chi connectivity index (χ2v) is 6.10. The van der Waals surface area contributed by atoms with Gasteiger partial charge in [0.05, 0.1) is 4.90 Å². The molecule has 4 nitrogen and oxygen atoms in total. The Labute approximate surface area is 107 Å². The molecule has 1 saturated heterocycles. The maximum absolute atomic E-state index is 12.4. The lowest BCUT2D eigenvalue weighted by atomic mass is 10.2. The summed E-state index contributed by atoms with van der Waals surface area (Å²) in [7, 11) is -3.72. The highest BCUT2D eigenvalue weighted by molar-refractivity contribution is 7.96. The Balaban J connectivity index is 2.57. The van der Waals surface area contributed by atoms with E-state index in [1.165, 1.54) is 19.1 Å². The molecule has 0 aromatic heterocycles. The predicted molar refractivity (Wildman–Crippen MR) is 68.6 cm³/mol. The molecule has 1 N–H and O–H groups in total. The van der Waals surface area contributed by atoms with E-state index in [9.17, 15) is 13.2 Å². The molecular weight excluding hydrogens is 250 g/mol. The zero-order valence-electron chi connectivity index (χ0n) is 10.1. The smallest absolute Gasteiger partial charge is 0.211 e. The molecule has 0 spiro atoms. The van der Waals surface area contributed by atoms with Crippen LogP contribution in [0.5, 0.6) is 0 Å². The second-order valence-electron chi connectivity index (χ2n) is 4.21. The average Bonchev–Trinajstić information content (AvgIpc) is 2.83. The Morgan fingerprint density at radius 2 is 1.89 bits per heavy atom. The number of Topliss-reactive ketones (excluding diaryl/α,β-unsaturated/α-hetero) is 1. The highest BCUT2D eigenvalue weighted by Crippen LogP contribution is 2.25. The molecule has 0 unspecified atom stereocenters. The van der Waals surface area contributed by atoms with Crippen LogP contribution in [-0.4, -0.2) is 20.7 Å². The third-order valence-electron chi connectivity index (χ3n) is 2.86. The van der Waals surface area contributed by atoms with Crippen molar-refractivity contribution < 1.29 is 13.2 Å². The van der Waals surface area contributed by atoms with Crippen LogP contribution < -0.4 is 5.32 Å². The van der Waals surface area contributed by atoms with Crippen molar-refractivity contribution in [3.05, 3.63) is 40.9 Å². The minimum atomic E-state index is -3.72. The van der Waals surface area contributed by atoms with E-state index in [0.717, 1.165) is 13.0 Å². The Morgan fingerprint density at radius 3 is 2.39 bits per heavy atom. The van der Waals surface area contributed by atoms with Crippen LogP contribution in [0.25, 0.3) is 0 Å². The van der Waals surface area contributed by atoms with Gasteiger partial charge in [-0.2, -0.15) is 0 Å². The van der Waals surface area contributed by atoms with Gasteiger partial charge < -0.3 is 5.32 Å². The Morgan fingerprint density at radius 1 is 1.22 bits per heavy atom. The first-order valence-corrected chi connectivity index (χ1v) is 7.30. The van der Waals surface area contributed by atoms with Gasteiger partial charge in [-0.3, -0.25) is 4.79 Å². The van der Waals surface area contributed by atoms with Gasteiger partial charge in [0, 0.05) is 12.2 Å². The lowest BCUT2D eigenvalue weighted by Gasteiger charge is -2.10. The van der Waals surface area contributed by atoms with Crippen molar-refractivity contribution >= 4 is 15.6 Å². The number of nitrogens with one attached hydrogen (secondary N) is 1. The van der Waals surface area contributed by atoms with Crippen LogP contribution >= 0.6 is 0 Å². The summed E-state index contributed by atoms with van der Waals surface area (Å²) in [5.41, 5.74) is 0.548. The van der Waals surface area contributed by atoms with Crippen molar-refractivity contribution in [1.29, 1.82) is 0 Å². The van der Waals surface area contributed by atoms with Crippen molar-refractivity contribution in [3.63, 3.8) is 0 Å². The molecule has 5 heteroatoms. The molecule has 2 rings (SSSR count). The van der Waals surface area contributed by atoms with Gasteiger partial charge >= 0.3 is 0 Å². The first-order valence-electron chi connectivity index (χ1n) is 5.81. The summed E-state index contributed by atoms with van der Waals surface area (Å²) in [6.07, 6.45) is 1.47. The van der Waals surface area contributed by atoms with Crippen LogP contribution in [0, 0.1) is 0 Å². The second kappa shape index (κ2) is 4.94. The molecule has 1 aliphatic heterocycles. The molecule has 0 amide bonds. The van der Waals surface area contributed by atoms with Gasteiger partial charge in [0.25, 0.3) is 0 Å². The molecule has 0 aliphatic carbocycles. The van der Waals surface area contributed by atoms with Crippen LogP contribution in [0.2, 0.25) is 0 Å². The lowest BCUT2D eigenvalue weighted by Crippen LogP contribution is -2.18. The summed E-state index contributed by atoms with van der Waals surface area (Å²) in [4.78, 5) is 11.7. The van der Waals surface area contributed by atoms with Crippen molar-refractivity contribution in [2.24, 2.45) is 0 Å². The fourth-order valence-corrected chi connectivity index (χ4v) is 3.70. The number of hydrogen-bond donors (Lipinski definition) is 1. The minimum Gasteiger partial charge on any atom is -0.387 e.